The zero-order valence-corrected chi connectivity index (χ0v) is 28.0. The Balaban J connectivity index is 2.86. The van der Waals surface area contributed by atoms with Crippen molar-refractivity contribution in [2.45, 2.75) is 111 Å². The normalized spacial score (nSPS) is 12.9. The Morgan fingerprint density at radius 3 is 1.73 bits per heavy atom. The smallest absolute Gasteiger partial charge is 0.408 e. The number of ether oxygens (including phenoxy) is 4. The van der Waals surface area contributed by atoms with E-state index in [2.05, 4.69) is 26.6 Å². The molecule has 14 heteroatoms. The van der Waals surface area contributed by atoms with Gasteiger partial charge in [-0.05, 0) is 80.7 Å². The van der Waals surface area contributed by atoms with Crippen molar-refractivity contribution in [3.8, 4) is 0 Å². The van der Waals surface area contributed by atoms with Gasteiger partial charge in [0.1, 0.15) is 29.5 Å². The minimum Gasteiger partial charge on any atom is -0.445 e. The summed E-state index contributed by atoms with van der Waals surface area (Å²) < 4.78 is 21.1. The summed E-state index contributed by atoms with van der Waals surface area (Å²) in [5, 5.41) is 13.0. The number of carbonyl (C=O) groups excluding carboxylic acids is 5. The SMILES string of the molecule is CC(C)(C)OC(=O)NCCC[C@@H](CNC(=O)[C@H](CNC(=O)OCc1ccccc1)NC(=O)OC(C)(C)C)NC(=O)OC(C)(C)C. The molecule has 45 heavy (non-hydrogen) atoms. The first kappa shape index (κ1) is 38.8. The van der Waals surface area contributed by atoms with Crippen LogP contribution in [0.4, 0.5) is 19.2 Å². The lowest BCUT2D eigenvalue weighted by molar-refractivity contribution is -0.123. The van der Waals surface area contributed by atoms with Crippen molar-refractivity contribution in [2.75, 3.05) is 19.6 Å². The van der Waals surface area contributed by atoms with E-state index < -0.39 is 59.2 Å². The lowest BCUT2D eigenvalue weighted by atomic mass is 10.1. The van der Waals surface area contributed by atoms with Crippen LogP contribution in [0.2, 0.25) is 0 Å². The van der Waals surface area contributed by atoms with Crippen LogP contribution in [-0.2, 0) is 30.3 Å². The summed E-state index contributed by atoms with van der Waals surface area (Å²) in [6, 6.07) is 7.21. The van der Waals surface area contributed by atoms with Gasteiger partial charge in [0.15, 0.2) is 0 Å². The van der Waals surface area contributed by atoms with Crippen molar-refractivity contribution in [1.29, 1.82) is 0 Å². The lowest BCUT2D eigenvalue weighted by Crippen LogP contribution is -2.55. The van der Waals surface area contributed by atoms with Gasteiger partial charge in [0, 0.05) is 19.1 Å². The molecule has 0 aromatic heterocycles. The third kappa shape index (κ3) is 20.4. The molecule has 1 aromatic carbocycles. The molecule has 0 aliphatic rings. The highest BCUT2D eigenvalue weighted by atomic mass is 16.6. The maximum Gasteiger partial charge on any atom is 0.408 e. The van der Waals surface area contributed by atoms with Crippen LogP contribution in [0.3, 0.4) is 0 Å². The van der Waals surface area contributed by atoms with Crippen molar-refractivity contribution >= 4 is 30.3 Å². The molecule has 0 spiro atoms. The predicted octanol–water partition coefficient (Wildman–Crippen LogP) is 4.12. The molecule has 1 rings (SSSR count). The molecule has 14 nitrogen and oxygen atoms in total. The van der Waals surface area contributed by atoms with Crippen LogP contribution in [0.5, 0.6) is 0 Å². The van der Waals surface area contributed by atoms with Crippen LogP contribution >= 0.6 is 0 Å². The van der Waals surface area contributed by atoms with E-state index in [9.17, 15) is 24.0 Å². The fraction of sp³-hybridized carbons (Fsp3) is 0.645. The fourth-order valence-corrected chi connectivity index (χ4v) is 3.52. The van der Waals surface area contributed by atoms with Crippen LogP contribution in [0.15, 0.2) is 30.3 Å². The van der Waals surface area contributed by atoms with E-state index in [-0.39, 0.29) is 26.2 Å². The van der Waals surface area contributed by atoms with Crippen LogP contribution < -0.4 is 26.6 Å². The zero-order chi connectivity index (χ0) is 34.3. The second-order valence-corrected chi connectivity index (χ2v) is 13.3. The topological polar surface area (TPSA) is 182 Å². The Morgan fingerprint density at radius 2 is 1.18 bits per heavy atom. The number of hydrogen-bond acceptors (Lipinski definition) is 9. The monoisotopic (exact) mass is 637 g/mol. The molecular weight excluding hydrogens is 586 g/mol. The summed E-state index contributed by atoms with van der Waals surface area (Å²) in [6.07, 6.45) is -2.12. The summed E-state index contributed by atoms with van der Waals surface area (Å²) in [4.78, 5) is 62.5. The maximum atomic E-state index is 13.2. The van der Waals surface area contributed by atoms with E-state index in [0.29, 0.717) is 12.8 Å². The minimum atomic E-state index is -1.24. The van der Waals surface area contributed by atoms with Crippen LogP contribution in [0.25, 0.3) is 0 Å². The number of hydrogen-bond donors (Lipinski definition) is 5. The first-order valence-corrected chi connectivity index (χ1v) is 14.9. The van der Waals surface area contributed by atoms with Crippen LogP contribution in [0.1, 0.15) is 80.7 Å². The van der Waals surface area contributed by atoms with Gasteiger partial charge in [0.2, 0.25) is 5.91 Å². The van der Waals surface area contributed by atoms with Gasteiger partial charge in [-0.25, -0.2) is 19.2 Å². The van der Waals surface area contributed by atoms with Crippen molar-refractivity contribution < 1.29 is 42.9 Å². The summed E-state index contributed by atoms with van der Waals surface area (Å²) >= 11 is 0. The lowest BCUT2D eigenvalue weighted by Gasteiger charge is -2.26. The summed E-state index contributed by atoms with van der Waals surface area (Å²) in [5.74, 6) is -0.646. The standard InChI is InChI=1S/C31H51N5O9/c1-29(2,3)43-26(39)32-17-13-16-22(35-27(40)44-30(4,5)6)18-33-24(37)23(36-28(41)45-31(7,8)9)19-34-25(38)42-20-21-14-11-10-12-15-21/h10-12,14-15,22-23H,13,16-20H2,1-9H3,(H,32,39)(H,33,37)(H,34,38)(H,35,40)(H,36,41)/t22-,23-/m0/s1. The summed E-state index contributed by atoms with van der Waals surface area (Å²) in [6.45, 7) is 15.4. The van der Waals surface area contributed by atoms with E-state index in [4.69, 9.17) is 18.9 Å². The Morgan fingerprint density at radius 1 is 0.644 bits per heavy atom. The highest BCUT2D eigenvalue weighted by Crippen LogP contribution is 2.09. The largest absolute Gasteiger partial charge is 0.445 e. The Bertz CT molecular complexity index is 1110. The van der Waals surface area contributed by atoms with Gasteiger partial charge in [-0.2, -0.15) is 0 Å². The second-order valence-electron chi connectivity index (χ2n) is 13.3. The van der Waals surface area contributed by atoms with Gasteiger partial charge in [0.05, 0.1) is 6.54 Å². The molecule has 0 unspecified atom stereocenters. The van der Waals surface area contributed by atoms with E-state index in [1.54, 1.807) is 74.4 Å². The van der Waals surface area contributed by atoms with Crippen molar-refractivity contribution in [3.05, 3.63) is 35.9 Å². The second kappa shape index (κ2) is 17.9. The number of alkyl carbamates (subject to hydrolysis) is 4. The average molecular weight is 638 g/mol. The van der Waals surface area contributed by atoms with Crippen molar-refractivity contribution in [2.24, 2.45) is 0 Å². The number of amides is 5. The molecule has 0 aliphatic heterocycles. The molecule has 5 amide bonds. The molecule has 0 saturated carbocycles. The van der Waals surface area contributed by atoms with E-state index >= 15 is 0 Å². The number of rotatable bonds is 13. The molecule has 0 saturated heterocycles. The fourth-order valence-electron chi connectivity index (χ4n) is 3.52. The highest BCUT2D eigenvalue weighted by molar-refractivity contribution is 5.86. The first-order chi connectivity index (χ1) is 20.7. The quantitative estimate of drug-likeness (QED) is 0.157. The van der Waals surface area contributed by atoms with Gasteiger partial charge in [-0.15, -0.1) is 0 Å². The molecule has 0 bridgehead atoms. The minimum absolute atomic E-state index is 0.0177. The van der Waals surface area contributed by atoms with E-state index in [1.165, 1.54) is 0 Å². The molecule has 5 N–H and O–H groups in total. The molecule has 2 atom stereocenters. The van der Waals surface area contributed by atoms with Crippen LogP contribution in [0, 0.1) is 0 Å². The number of benzene rings is 1. The van der Waals surface area contributed by atoms with E-state index in [1.807, 2.05) is 18.2 Å². The molecular formula is C31H51N5O9. The van der Waals surface area contributed by atoms with Gasteiger partial charge in [-0.3, -0.25) is 4.79 Å². The summed E-state index contributed by atoms with van der Waals surface area (Å²) in [7, 11) is 0. The Kier molecular flexibility index (Phi) is 15.4. The number of nitrogens with one attached hydrogen (secondary N) is 5. The zero-order valence-electron chi connectivity index (χ0n) is 28.0. The van der Waals surface area contributed by atoms with Crippen LogP contribution in [-0.4, -0.2) is 78.8 Å². The predicted molar refractivity (Wildman–Crippen MR) is 167 cm³/mol. The Labute approximate surface area is 266 Å². The first-order valence-electron chi connectivity index (χ1n) is 14.9. The van der Waals surface area contributed by atoms with Gasteiger partial charge >= 0.3 is 24.4 Å². The van der Waals surface area contributed by atoms with E-state index in [0.717, 1.165) is 5.56 Å². The van der Waals surface area contributed by atoms with Crippen molar-refractivity contribution in [3.63, 3.8) is 0 Å². The summed E-state index contributed by atoms with van der Waals surface area (Å²) in [5.41, 5.74) is -1.45. The maximum absolute atomic E-state index is 13.2. The third-order valence-corrected chi connectivity index (χ3v) is 5.31. The average Bonchev–Trinajstić information content (AvgIpc) is 2.88. The third-order valence-electron chi connectivity index (χ3n) is 5.31. The van der Waals surface area contributed by atoms with Gasteiger partial charge < -0.3 is 45.5 Å². The molecule has 0 radical (unpaired) electrons. The molecule has 0 fully saturated rings. The molecule has 0 heterocycles. The molecule has 0 aliphatic carbocycles. The highest BCUT2D eigenvalue weighted by Gasteiger charge is 2.27. The van der Waals surface area contributed by atoms with Gasteiger partial charge in [-0.1, -0.05) is 30.3 Å². The molecule has 1 aromatic rings. The van der Waals surface area contributed by atoms with Crippen molar-refractivity contribution in [1.82, 2.24) is 26.6 Å². The van der Waals surface area contributed by atoms with Gasteiger partial charge in [0.25, 0.3) is 0 Å². The molecule has 254 valence electrons. The number of carbonyl (C=O) groups is 5. The Hall–Kier alpha value is -4.23.